The lowest BCUT2D eigenvalue weighted by molar-refractivity contribution is 0.0316. The third-order valence-electron chi connectivity index (χ3n) is 2.59. The molecule has 18 heavy (non-hydrogen) atoms. The van der Waals surface area contributed by atoms with Crippen LogP contribution in [0.25, 0.3) is 0 Å². The Balaban J connectivity index is 1.78. The van der Waals surface area contributed by atoms with Gasteiger partial charge >= 0.3 is 12.0 Å². The van der Waals surface area contributed by atoms with E-state index in [2.05, 4.69) is 14.9 Å². The monoisotopic (exact) mass is 253 g/mol. The normalized spacial score (nSPS) is 16.4. The number of ether oxygens (including phenoxy) is 2. The number of carboxylic acid groups (broad SMARTS) is 1. The molecule has 1 aromatic rings. The second kappa shape index (κ2) is 6.27. The third-order valence-corrected chi connectivity index (χ3v) is 2.59. The van der Waals surface area contributed by atoms with Crippen LogP contribution in [-0.4, -0.2) is 65.4 Å². The minimum absolute atomic E-state index is 0.0635. The zero-order chi connectivity index (χ0) is 12.8. The molecule has 0 bridgehead atoms. The molecule has 7 heteroatoms. The number of hydrogen-bond donors (Lipinski definition) is 1. The largest absolute Gasteiger partial charge is 0.477 e. The van der Waals surface area contributed by atoms with Crippen LogP contribution in [0.4, 0.5) is 0 Å². The molecule has 1 aromatic heterocycles. The summed E-state index contributed by atoms with van der Waals surface area (Å²) < 4.78 is 10.6. The summed E-state index contributed by atoms with van der Waals surface area (Å²) in [6.45, 7) is 4.45. The standard InChI is InChI=1S/C11H15N3O4/c15-10(16)9-1-2-12-11(13-9)18-8-5-14-3-6-17-7-4-14/h1-2H,3-8H2,(H,15,16). The number of rotatable bonds is 5. The van der Waals surface area contributed by atoms with E-state index in [0.29, 0.717) is 6.61 Å². The van der Waals surface area contributed by atoms with Gasteiger partial charge < -0.3 is 14.6 Å². The van der Waals surface area contributed by atoms with Gasteiger partial charge in [0.1, 0.15) is 6.61 Å². The Morgan fingerprint density at radius 3 is 3.00 bits per heavy atom. The SMILES string of the molecule is O=C(O)c1ccnc(OCCN2CCOCC2)n1. The molecule has 0 amide bonds. The zero-order valence-electron chi connectivity index (χ0n) is 9.91. The Hall–Kier alpha value is -1.73. The molecular formula is C11H15N3O4. The van der Waals surface area contributed by atoms with Gasteiger partial charge in [-0.2, -0.15) is 4.98 Å². The molecule has 0 unspecified atom stereocenters. The van der Waals surface area contributed by atoms with Crippen LogP contribution < -0.4 is 4.74 Å². The Bertz CT molecular complexity index is 407. The quantitative estimate of drug-likeness (QED) is 0.783. The number of morpholine rings is 1. The molecule has 1 aliphatic heterocycles. The van der Waals surface area contributed by atoms with Crippen LogP contribution in [0.1, 0.15) is 10.5 Å². The molecule has 1 saturated heterocycles. The fourth-order valence-corrected chi connectivity index (χ4v) is 1.62. The van der Waals surface area contributed by atoms with Crippen LogP contribution in [0, 0.1) is 0 Å². The van der Waals surface area contributed by atoms with Crippen molar-refractivity contribution >= 4 is 5.97 Å². The zero-order valence-corrected chi connectivity index (χ0v) is 9.91. The predicted molar refractivity (Wildman–Crippen MR) is 61.7 cm³/mol. The van der Waals surface area contributed by atoms with E-state index in [0.717, 1.165) is 32.8 Å². The van der Waals surface area contributed by atoms with Gasteiger partial charge in [-0.05, 0) is 6.07 Å². The Kier molecular flexibility index (Phi) is 4.43. The molecule has 1 N–H and O–H groups in total. The molecule has 2 rings (SSSR count). The van der Waals surface area contributed by atoms with Gasteiger partial charge in [0, 0.05) is 25.8 Å². The van der Waals surface area contributed by atoms with E-state index >= 15 is 0 Å². The first-order chi connectivity index (χ1) is 8.75. The highest BCUT2D eigenvalue weighted by molar-refractivity contribution is 5.85. The van der Waals surface area contributed by atoms with Gasteiger partial charge in [-0.15, -0.1) is 0 Å². The van der Waals surface area contributed by atoms with Crippen LogP contribution in [-0.2, 0) is 4.74 Å². The minimum atomic E-state index is -1.09. The van der Waals surface area contributed by atoms with Gasteiger partial charge in [0.15, 0.2) is 5.69 Å². The van der Waals surface area contributed by atoms with Gasteiger partial charge in [-0.25, -0.2) is 9.78 Å². The summed E-state index contributed by atoms with van der Waals surface area (Å²) in [5, 5.41) is 8.77. The lowest BCUT2D eigenvalue weighted by Gasteiger charge is -2.26. The van der Waals surface area contributed by atoms with E-state index in [9.17, 15) is 4.79 Å². The molecule has 0 spiro atoms. The van der Waals surface area contributed by atoms with E-state index in [4.69, 9.17) is 14.6 Å². The van der Waals surface area contributed by atoms with Crippen molar-refractivity contribution in [3.8, 4) is 6.01 Å². The number of nitrogens with zero attached hydrogens (tertiary/aromatic N) is 3. The molecule has 0 aliphatic carbocycles. The van der Waals surface area contributed by atoms with Crippen LogP contribution in [0.5, 0.6) is 6.01 Å². The Morgan fingerprint density at radius 2 is 2.28 bits per heavy atom. The average molecular weight is 253 g/mol. The highest BCUT2D eigenvalue weighted by atomic mass is 16.5. The summed E-state index contributed by atoms with van der Waals surface area (Å²) in [7, 11) is 0. The Labute approximate surface area is 104 Å². The van der Waals surface area contributed by atoms with Gasteiger partial charge in [0.2, 0.25) is 0 Å². The van der Waals surface area contributed by atoms with Gasteiger partial charge in [0.05, 0.1) is 13.2 Å². The summed E-state index contributed by atoms with van der Waals surface area (Å²) in [6.07, 6.45) is 1.38. The molecule has 1 fully saturated rings. The predicted octanol–water partition coefficient (Wildman–Crippen LogP) is -0.114. The topological polar surface area (TPSA) is 84.8 Å². The smallest absolute Gasteiger partial charge is 0.354 e. The van der Waals surface area contributed by atoms with Crippen LogP contribution >= 0.6 is 0 Å². The molecule has 98 valence electrons. The highest BCUT2D eigenvalue weighted by Crippen LogP contribution is 2.03. The molecule has 0 aromatic carbocycles. The maximum atomic E-state index is 10.7. The number of aromatic nitrogens is 2. The fraction of sp³-hybridized carbons (Fsp3) is 0.545. The molecular weight excluding hydrogens is 238 g/mol. The number of carboxylic acids is 1. The van der Waals surface area contributed by atoms with Crippen LogP contribution in [0.15, 0.2) is 12.3 Å². The van der Waals surface area contributed by atoms with Gasteiger partial charge in [0.25, 0.3) is 0 Å². The molecule has 2 heterocycles. The summed E-state index contributed by atoms with van der Waals surface area (Å²) in [4.78, 5) is 20.6. The highest BCUT2D eigenvalue weighted by Gasteiger charge is 2.11. The van der Waals surface area contributed by atoms with Crippen molar-refractivity contribution in [2.24, 2.45) is 0 Å². The molecule has 0 radical (unpaired) electrons. The van der Waals surface area contributed by atoms with E-state index in [-0.39, 0.29) is 11.7 Å². The first-order valence-electron chi connectivity index (χ1n) is 5.75. The van der Waals surface area contributed by atoms with Gasteiger partial charge in [-0.1, -0.05) is 0 Å². The third kappa shape index (κ3) is 3.64. The maximum absolute atomic E-state index is 10.7. The van der Waals surface area contributed by atoms with Crippen molar-refractivity contribution in [2.75, 3.05) is 39.5 Å². The number of carbonyl (C=O) groups is 1. The lowest BCUT2D eigenvalue weighted by atomic mass is 10.4. The van der Waals surface area contributed by atoms with E-state index in [1.165, 1.54) is 12.3 Å². The van der Waals surface area contributed by atoms with Crippen molar-refractivity contribution in [3.05, 3.63) is 18.0 Å². The Morgan fingerprint density at radius 1 is 1.50 bits per heavy atom. The van der Waals surface area contributed by atoms with E-state index < -0.39 is 5.97 Å². The van der Waals surface area contributed by atoms with E-state index in [1.807, 2.05) is 0 Å². The van der Waals surface area contributed by atoms with Gasteiger partial charge in [-0.3, -0.25) is 4.90 Å². The molecule has 1 aliphatic rings. The summed E-state index contributed by atoms with van der Waals surface area (Å²) in [5.74, 6) is -1.09. The van der Waals surface area contributed by atoms with Crippen LogP contribution in [0.3, 0.4) is 0 Å². The first-order valence-corrected chi connectivity index (χ1v) is 5.75. The lowest BCUT2D eigenvalue weighted by Crippen LogP contribution is -2.38. The minimum Gasteiger partial charge on any atom is -0.477 e. The average Bonchev–Trinajstić information content (AvgIpc) is 2.40. The maximum Gasteiger partial charge on any atom is 0.354 e. The van der Waals surface area contributed by atoms with Crippen LogP contribution in [0.2, 0.25) is 0 Å². The molecule has 7 nitrogen and oxygen atoms in total. The summed E-state index contributed by atoms with van der Waals surface area (Å²) >= 11 is 0. The number of aromatic carboxylic acids is 1. The molecule has 0 saturated carbocycles. The summed E-state index contributed by atoms with van der Waals surface area (Å²) in [5.41, 5.74) is -0.0635. The number of hydrogen-bond acceptors (Lipinski definition) is 6. The van der Waals surface area contributed by atoms with Crippen molar-refractivity contribution in [3.63, 3.8) is 0 Å². The van der Waals surface area contributed by atoms with E-state index in [1.54, 1.807) is 0 Å². The second-order valence-electron chi connectivity index (χ2n) is 3.83. The van der Waals surface area contributed by atoms with Crippen molar-refractivity contribution in [1.29, 1.82) is 0 Å². The fourth-order valence-electron chi connectivity index (χ4n) is 1.62. The first kappa shape index (κ1) is 12.7. The van der Waals surface area contributed by atoms with Crippen molar-refractivity contribution < 1.29 is 19.4 Å². The second-order valence-corrected chi connectivity index (χ2v) is 3.83. The molecule has 0 atom stereocenters. The summed E-state index contributed by atoms with van der Waals surface area (Å²) in [6, 6.07) is 1.43. The van der Waals surface area contributed by atoms with Crippen molar-refractivity contribution in [1.82, 2.24) is 14.9 Å². The van der Waals surface area contributed by atoms with Crippen molar-refractivity contribution in [2.45, 2.75) is 0 Å².